The third kappa shape index (κ3) is 4.44. The van der Waals surface area contributed by atoms with Crippen LogP contribution in [0.3, 0.4) is 0 Å². The number of nitrogens with one attached hydrogen (secondary N) is 1. The summed E-state index contributed by atoms with van der Waals surface area (Å²) >= 11 is 1.50. The van der Waals surface area contributed by atoms with Gasteiger partial charge in [0.05, 0.1) is 11.1 Å². The van der Waals surface area contributed by atoms with Gasteiger partial charge in [0.25, 0.3) is 11.8 Å². The van der Waals surface area contributed by atoms with E-state index >= 15 is 0 Å². The molecule has 1 saturated heterocycles. The summed E-state index contributed by atoms with van der Waals surface area (Å²) in [4.78, 5) is 28.2. The minimum atomic E-state index is -0.872. The van der Waals surface area contributed by atoms with Gasteiger partial charge >= 0.3 is 0 Å². The molecular formula is C18H19F2N3O2S. The van der Waals surface area contributed by atoms with Gasteiger partial charge in [-0.3, -0.25) is 14.5 Å². The SMILES string of the molecule is O=C(NCCN1CCN(C(=O)c2ccsc2)CC1)c1ccc(F)cc1F. The van der Waals surface area contributed by atoms with Crippen molar-refractivity contribution in [2.75, 3.05) is 39.3 Å². The minimum Gasteiger partial charge on any atom is -0.351 e. The Morgan fingerprint density at radius 3 is 2.54 bits per heavy atom. The van der Waals surface area contributed by atoms with E-state index in [2.05, 4.69) is 10.2 Å². The van der Waals surface area contributed by atoms with Gasteiger partial charge in [0.15, 0.2) is 0 Å². The van der Waals surface area contributed by atoms with E-state index < -0.39 is 17.5 Å². The highest BCUT2D eigenvalue weighted by molar-refractivity contribution is 7.08. The van der Waals surface area contributed by atoms with E-state index in [4.69, 9.17) is 0 Å². The van der Waals surface area contributed by atoms with Crippen molar-refractivity contribution in [1.82, 2.24) is 15.1 Å². The van der Waals surface area contributed by atoms with Gasteiger partial charge in [-0.05, 0) is 23.6 Å². The lowest BCUT2D eigenvalue weighted by Crippen LogP contribution is -2.50. The maximum atomic E-state index is 13.6. The zero-order chi connectivity index (χ0) is 18.5. The molecule has 0 radical (unpaired) electrons. The topological polar surface area (TPSA) is 52.7 Å². The number of hydrogen-bond donors (Lipinski definition) is 1. The van der Waals surface area contributed by atoms with Crippen molar-refractivity contribution >= 4 is 23.2 Å². The Kier molecular flexibility index (Phi) is 5.95. The van der Waals surface area contributed by atoms with Gasteiger partial charge in [-0.1, -0.05) is 0 Å². The second-order valence-corrected chi connectivity index (χ2v) is 6.81. The van der Waals surface area contributed by atoms with Gasteiger partial charge in [-0.2, -0.15) is 11.3 Å². The first-order chi connectivity index (χ1) is 12.5. The summed E-state index contributed by atoms with van der Waals surface area (Å²) in [5.41, 5.74) is 0.551. The molecule has 8 heteroatoms. The lowest BCUT2D eigenvalue weighted by molar-refractivity contribution is 0.0638. The number of carbonyl (C=O) groups is 2. The van der Waals surface area contributed by atoms with Gasteiger partial charge in [-0.25, -0.2) is 8.78 Å². The van der Waals surface area contributed by atoms with E-state index in [1.54, 1.807) is 0 Å². The van der Waals surface area contributed by atoms with Crippen molar-refractivity contribution in [1.29, 1.82) is 0 Å². The molecular weight excluding hydrogens is 360 g/mol. The smallest absolute Gasteiger partial charge is 0.254 e. The second kappa shape index (κ2) is 8.37. The molecule has 1 aromatic heterocycles. The Hall–Kier alpha value is -2.32. The Morgan fingerprint density at radius 1 is 1.12 bits per heavy atom. The lowest BCUT2D eigenvalue weighted by Gasteiger charge is -2.34. The molecule has 138 valence electrons. The standard InChI is InChI=1S/C18H19F2N3O2S/c19-14-1-2-15(16(20)11-14)17(24)21-4-5-22-6-8-23(9-7-22)18(25)13-3-10-26-12-13/h1-3,10-12H,4-9H2,(H,21,24). The largest absolute Gasteiger partial charge is 0.351 e. The van der Waals surface area contributed by atoms with E-state index in [-0.39, 0.29) is 11.5 Å². The minimum absolute atomic E-state index is 0.0472. The number of hydrogen-bond acceptors (Lipinski definition) is 4. The molecule has 2 aromatic rings. The number of benzene rings is 1. The Morgan fingerprint density at radius 2 is 1.88 bits per heavy atom. The van der Waals surface area contributed by atoms with Crippen LogP contribution in [0, 0.1) is 11.6 Å². The molecule has 0 spiro atoms. The van der Waals surface area contributed by atoms with Crippen LogP contribution in [0.1, 0.15) is 20.7 Å². The summed E-state index contributed by atoms with van der Waals surface area (Å²) < 4.78 is 26.4. The first-order valence-corrected chi connectivity index (χ1v) is 9.26. The zero-order valence-corrected chi connectivity index (χ0v) is 14.9. The highest BCUT2D eigenvalue weighted by atomic mass is 32.1. The van der Waals surface area contributed by atoms with Crippen LogP contribution >= 0.6 is 11.3 Å². The highest BCUT2D eigenvalue weighted by Gasteiger charge is 2.22. The summed E-state index contributed by atoms with van der Waals surface area (Å²) in [6, 6.07) is 4.71. The van der Waals surface area contributed by atoms with Crippen molar-refractivity contribution in [3.63, 3.8) is 0 Å². The number of piperazine rings is 1. The number of thiophene rings is 1. The molecule has 0 saturated carbocycles. The third-order valence-corrected chi connectivity index (χ3v) is 5.00. The highest BCUT2D eigenvalue weighted by Crippen LogP contribution is 2.12. The molecule has 0 unspecified atom stereocenters. The molecule has 1 aliphatic rings. The van der Waals surface area contributed by atoms with Crippen LogP contribution < -0.4 is 5.32 Å². The van der Waals surface area contributed by atoms with Crippen LogP contribution in [-0.2, 0) is 0 Å². The number of rotatable bonds is 5. The van der Waals surface area contributed by atoms with E-state index in [9.17, 15) is 18.4 Å². The Bertz CT molecular complexity index is 775. The molecule has 1 fully saturated rings. The third-order valence-electron chi connectivity index (χ3n) is 4.32. The van der Waals surface area contributed by atoms with Gasteiger partial charge < -0.3 is 10.2 Å². The molecule has 5 nitrogen and oxygen atoms in total. The summed E-state index contributed by atoms with van der Waals surface area (Å²) in [6.07, 6.45) is 0. The predicted molar refractivity (Wildman–Crippen MR) is 95.4 cm³/mol. The fraction of sp³-hybridized carbons (Fsp3) is 0.333. The molecule has 1 aromatic carbocycles. The van der Waals surface area contributed by atoms with Crippen LogP contribution in [0.15, 0.2) is 35.0 Å². The Labute approximate surface area is 154 Å². The molecule has 0 aliphatic carbocycles. The van der Waals surface area contributed by atoms with Crippen molar-refractivity contribution < 1.29 is 18.4 Å². The van der Waals surface area contributed by atoms with Crippen molar-refractivity contribution in [2.45, 2.75) is 0 Å². The van der Waals surface area contributed by atoms with E-state index in [0.717, 1.165) is 30.8 Å². The average Bonchev–Trinajstić information content (AvgIpc) is 3.16. The van der Waals surface area contributed by atoms with Crippen molar-refractivity contribution in [3.8, 4) is 0 Å². The van der Waals surface area contributed by atoms with Crippen LogP contribution in [0.2, 0.25) is 0 Å². The Balaban J connectivity index is 1.41. The van der Waals surface area contributed by atoms with Crippen molar-refractivity contribution in [2.24, 2.45) is 0 Å². The monoisotopic (exact) mass is 379 g/mol. The average molecular weight is 379 g/mol. The molecule has 0 atom stereocenters. The summed E-state index contributed by atoms with van der Waals surface area (Å²) in [7, 11) is 0. The first-order valence-electron chi connectivity index (χ1n) is 8.31. The number of halogens is 2. The van der Waals surface area contributed by atoms with E-state index in [0.29, 0.717) is 32.2 Å². The molecule has 26 heavy (non-hydrogen) atoms. The first kappa shape index (κ1) is 18.5. The van der Waals surface area contributed by atoms with Gasteiger partial charge in [-0.15, -0.1) is 0 Å². The van der Waals surface area contributed by atoms with Crippen LogP contribution in [-0.4, -0.2) is 60.9 Å². The van der Waals surface area contributed by atoms with Crippen LogP contribution in [0.5, 0.6) is 0 Å². The van der Waals surface area contributed by atoms with Crippen LogP contribution in [0.25, 0.3) is 0 Å². The van der Waals surface area contributed by atoms with Gasteiger partial charge in [0, 0.05) is 50.7 Å². The van der Waals surface area contributed by atoms with Gasteiger partial charge in [0.2, 0.25) is 0 Å². The second-order valence-electron chi connectivity index (χ2n) is 6.03. The maximum Gasteiger partial charge on any atom is 0.254 e. The summed E-state index contributed by atoms with van der Waals surface area (Å²) in [5.74, 6) is -2.10. The summed E-state index contributed by atoms with van der Waals surface area (Å²) in [5, 5.41) is 6.37. The molecule has 0 bridgehead atoms. The molecule has 3 rings (SSSR count). The number of carbonyl (C=O) groups excluding carboxylic acids is 2. The zero-order valence-electron chi connectivity index (χ0n) is 14.1. The van der Waals surface area contributed by atoms with Crippen LogP contribution in [0.4, 0.5) is 8.78 Å². The molecule has 2 heterocycles. The van der Waals surface area contributed by atoms with E-state index in [1.165, 1.54) is 11.3 Å². The predicted octanol–water partition coefficient (Wildman–Crippen LogP) is 2.21. The molecule has 2 amide bonds. The van der Waals surface area contributed by atoms with Gasteiger partial charge in [0.1, 0.15) is 11.6 Å². The lowest BCUT2D eigenvalue weighted by atomic mass is 10.2. The van der Waals surface area contributed by atoms with E-state index in [1.807, 2.05) is 21.7 Å². The maximum absolute atomic E-state index is 13.6. The fourth-order valence-corrected chi connectivity index (χ4v) is 3.47. The fourth-order valence-electron chi connectivity index (χ4n) is 2.84. The normalized spacial score (nSPS) is 15.1. The van der Waals surface area contributed by atoms with Crippen molar-refractivity contribution in [3.05, 3.63) is 57.8 Å². The quantitative estimate of drug-likeness (QED) is 0.867. The number of amides is 2. The number of nitrogens with zero attached hydrogens (tertiary/aromatic N) is 2. The molecule has 1 N–H and O–H groups in total. The summed E-state index contributed by atoms with van der Waals surface area (Å²) in [6.45, 7) is 3.67. The molecule has 1 aliphatic heterocycles.